The number of nitrogens with one attached hydrogen (secondary N) is 1. The van der Waals surface area contributed by atoms with Gasteiger partial charge in [0.05, 0.1) is 28.5 Å². The lowest BCUT2D eigenvalue weighted by molar-refractivity contribution is -0.151. The van der Waals surface area contributed by atoms with Crippen molar-refractivity contribution in [1.82, 2.24) is 10.2 Å². The summed E-state index contributed by atoms with van der Waals surface area (Å²) in [5, 5.41) is 13.2. The first kappa shape index (κ1) is 26.6. The van der Waals surface area contributed by atoms with Crippen LogP contribution in [0.5, 0.6) is 0 Å². The predicted molar refractivity (Wildman–Crippen MR) is 132 cm³/mol. The molecule has 1 aliphatic heterocycles. The van der Waals surface area contributed by atoms with E-state index in [0.29, 0.717) is 64.3 Å². The number of aliphatic hydroxyl groups is 1. The molecule has 6 nitrogen and oxygen atoms in total. The van der Waals surface area contributed by atoms with Crippen LogP contribution < -0.4 is 5.32 Å². The van der Waals surface area contributed by atoms with Gasteiger partial charge in [0.1, 0.15) is 19.0 Å². The first-order valence-electron chi connectivity index (χ1n) is 13.3. The molecule has 1 heterocycles. The second-order valence-corrected chi connectivity index (χ2v) is 12.7. The number of ether oxygens (including phenoxy) is 1. The van der Waals surface area contributed by atoms with Gasteiger partial charge in [-0.1, -0.05) is 0 Å². The molecule has 10 heteroatoms. The van der Waals surface area contributed by atoms with Gasteiger partial charge in [0.15, 0.2) is 0 Å². The lowest BCUT2D eigenvalue weighted by Crippen LogP contribution is -2.70. The van der Waals surface area contributed by atoms with Gasteiger partial charge < -0.3 is 20.1 Å². The molecule has 7 atom stereocenters. The molecule has 5 saturated carbocycles. The van der Waals surface area contributed by atoms with E-state index in [1.165, 1.54) is 0 Å². The number of hydrogen-bond donors (Lipinski definition) is 2. The Kier molecular flexibility index (Phi) is 7.63. The van der Waals surface area contributed by atoms with Crippen LogP contribution in [0.2, 0.25) is 0 Å². The highest BCUT2D eigenvalue weighted by Crippen LogP contribution is 2.51. The predicted octanol–water partition coefficient (Wildman–Crippen LogP) is 3.95. The van der Waals surface area contributed by atoms with Gasteiger partial charge in [0, 0.05) is 24.6 Å². The third kappa shape index (κ3) is 5.04. The van der Waals surface area contributed by atoms with Gasteiger partial charge in [0.25, 0.3) is 0 Å². The minimum Gasteiger partial charge on any atom is -0.391 e. The molecule has 6 rings (SSSR count). The molecule has 0 aromatic heterocycles. The zero-order chi connectivity index (χ0) is 25.7. The second kappa shape index (κ2) is 10.3. The highest BCUT2D eigenvalue weighted by Gasteiger charge is 2.58. The summed E-state index contributed by atoms with van der Waals surface area (Å²) in [5.74, 6) is -0.350. The van der Waals surface area contributed by atoms with E-state index in [1.807, 2.05) is 4.90 Å². The Morgan fingerprint density at radius 2 is 1.75 bits per heavy atom. The molecule has 0 aromatic rings. The monoisotopic (exact) mass is 548 g/mol. The minimum absolute atomic E-state index is 0.0306. The van der Waals surface area contributed by atoms with Crippen LogP contribution in [-0.4, -0.2) is 81.4 Å². The molecular weight excluding hydrogens is 513 g/mol. The molecule has 0 saturated heterocycles. The zero-order valence-electron chi connectivity index (χ0n) is 20.4. The van der Waals surface area contributed by atoms with Gasteiger partial charge in [-0.25, -0.2) is 8.78 Å². The van der Waals surface area contributed by atoms with Crippen molar-refractivity contribution in [3.63, 3.8) is 0 Å². The van der Waals surface area contributed by atoms with Gasteiger partial charge in [-0.3, -0.25) is 9.59 Å². The Balaban J connectivity index is 1.15. The molecule has 6 unspecified atom stereocenters. The average molecular weight is 549 g/mol. The quantitative estimate of drug-likeness (QED) is 0.492. The van der Waals surface area contributed by atoms with E-state index in [9.17, 15) is 23.5 Å². The first-order chi connectivity index (χ1) is 17.1. The Morgan fingerprint density at radius 3 is 2.39 bits per heavy atom. The van der Waals surface area contributed by atoms with Gasteiger partial charge in [-0.15, -0.1) is 23.2 Å². The van der Waals surface area contributed by atoms with Crippen LogP contribution in [0.15, 0.2) is 11.6 Å². The molecule has 5 fully saturated rings. The smallest absolute Gasteiger partial charge is 0.247 e. The Hall–Kier alpha value is -0.960. The SMILES string of the molecule is O=C(COC1CCC(Cl)C(F)C1)NC12CCC(N3CC(C4CCC(Cl)C(F)C4)=CC3=O)(CC1)C[C@@H]2O. The fraction of sp³-hybridized carbons (Fsp3) is 0.846. The molecule has 2 N–H and O–H groups in total. The van der Waals surface area contributed by atoms with E-state index in [4.69, 9.17) is 27.9 Å². The Labute approximate surface area is 221 Å². The van der Waals surface area contributed by atoms with E-state index in [-0.39, 0.29) is 36.9 Å². The average Bonchev–Trinajstić information content (AvgIpc) is 3.25. The Morgan fingerprint density at radius 1 is 1.08 bits per heavy atom. The lowest BCUT2D eigenvalue weighted by Gasteiger charge is -2.59. The number of carbonyl (C=O) groups excluding carboxylic acids is 2. The van der Waals surface area contributed by atoms with Crippen LogP contribution >= 0.6 is 23.2 Å². The van der Waals surface area contributed by atoms with Crippen molar-refractivity contribution in [2.45, 2.75) is 117 Å². The van der Waals surface area contributed by atoms with Crippen molar-refractivity contribution < 1.29 is 28.2 Å². The van der Waals surface area contributed by atoms with Gasteiger partial charge in [0.2, 0.25) is 11.8 Å². The molecule has 0 aromatic carbocycles. The van der Waals surface area contributed by atoms with E-state index in [0.717, 1.165) is 12.0 Å². The van der Waals surface area contributed by atoms with Crippen LogP contribution in [0.1, 0.15) is 70.6 Å². The summed E-state index contributed by atoms with van der Waals surface area (Å²) in [6, 6.07) is 0. The Bertz CT molecular complexity index is 897. The van der Waals surface area contributed by atoms with E-state index >= 15 is 0 Å². The molecule has 0 radical (unpaired) electrons. The normalized spacial score (nSPS) is 45.0. The fourth-order valence-corrected chi connectivity index (χ4v) is 7.61. The van der Waals surface area contributed by atoms with Crippen LogP contribution in [0.3, 0.4) is 0 Å². The molecular formula is C26H36Cl2F2N2O4. The summed E-state index contributed by atoms with van der Waals surface area (Å²) >= 11 is 12.0. The maximum atomic E-state index is 14.2. The highest BCUT2D eigenvalue weighted by atomic mass is 35.5. The lowest BCUT2D eigenvalue weighted by atomic mass is 9.59. The third-order valence-corrected chi connectivity index (χ3v) is 10.5. The summed E-state index contributed by atoms with van der Waals surface area (Å²) in [7, 11) is 0. The molecule has 5 aliphatic carbocycles. The topological polar surface area (TPSA) is 78.9 Å². The molecule has 2 bridgehead atoms. The number of hydrogen-bond acceptors (Lipinski definition) is 4. The maximum Gasteiger partial charge on any atom is 0.247 e. The molecule has 6 aliphatic rings. The van der Waals surface area contributed by atoms with Crippen molar-refractivity contribution in [2.24, 2.45) is 5.92 Å². The fourth-order valence-electron chi connectivity index (χ4n) is 7.15. The number of halogens is 4. The largest absolute Gasteiger partial charge is 0.391 e. The van der Waals surface area contributed by atoms with Crippen LogP contribution in [-0.2, 0) is 14.3 Å². The van der Waals surface area contributed by atoms with E-state index in [1.54, 1.807) is 6.08 Å². The van der Waals surface area contributed by atoms with Crippen LogP contribution in [0.25, 0.3) is 0 Å². The first-order valence-corrected chi connectivity index (χ1v) is 14.2. The van der Waals surface area contributed by atoms with Gasteiger partial charge >= 0.3 is 0 Å². The van der Waals surface area contributed by atoms with Crippen molar-refractivity contribution in [3.05, 3.63) is 11.6 Å². The van der Waals surface area contributed by atoms with Crippen molar-refractivity contribution >= 4 is 35.0 Å². The van der Waals surface area contributed by atoms with Crippen LogP contribution in [0.4, 0.5) is 8.78 Å². The summed E-state index contributed by atoms with van der Waals surface area (Å²) in [6.45, 7) is 0.297. The number of amides is 2. The number of aliphatic hydroxyl groups excluding tert-OH is 1. The van der Waals surface area contributed by atoms with Gasteiger partial charge in [-0.05, 0) is 75.7 Å². The van der Waals surface area contributed by atoms with Crippen molar-refractivity contribution in [2.75, 3.05) is 13.2 Å². The van der Waals surface area contributed by atoms with E-state index in [2.05, 4.69) is 5.32 Å². The number of alkyl halides is 4. The zero-order valence-corrected chi connectivity index (χ0v) is 22.0. The highest BCUT2D eigenvalue weighted by molar-refractivity contribution is 6.21. The van der Waals surface area contributed by atoms with E-state index < -0.39 is 40.3 Å². The van der Waals surface area contributed by atoms with Crippen LogP contribution in [0, 0.1) is 5.92 Å². The summed E-state index contributed by atoms with van der Waals surface area (Å²) in [4.78, 5) is 27.6. The minimum atomic E-state index is -1.13. The summed E-state index contributed by atoms with van der Waals surface area (Å²) in [5.41, 5.74) is -0.216. The summed E-state index contributed by atoms with van der Waals surface area (Å²) in [6.07, 6.45) is 4.33. The number of fused-ring (bicyclic) bond motifs is 3. The summed E-state index contributed by atoms with van der Waals surface area (Å²) < 4.78 is 33.7. The standard InChI is InChI=1S/C26H36Cl2F2N2O4/c27-18-3-1-15(9-20(18)29)16-10-24(35)32(13-16)25-5-7-26(8-6-25,22(33)12-25)31-23(34)14-36-17-2-4-19(28)21(30)11-17/h10,15,17-22,33H,1-9,11-14H2,(H,31,34)/t15?,17?,18?,19?,20?,21?,22-,25?,26?/m0/s1. The third-order valence-electron chi connectivity index (χ3n) is 9.47. The number of rotatable bonds is 6. The second-order valence-electron chi connectivity index (χ2n) is 11.6. The molecule has 0 spiro atoms. The molecule has 202 valence electrons. The number of carbonyl (C=O) groups is 2. The number of nitrogens with zero attached hydrogens (tertiary/aromatic N) is 1. The maximum absolute atomic E-state index is 14.2. The molecule has 2 amide bonds. The van der Waals surface area contributed by atoms with Gasteiger partial charge in [-0.2, -0.15) is 0 Å². The van der Waals surface area contributed by atoms with Crippen molar-refractivity contribution in [1.29, 1.82) is 0 Å². The van der Waals surface area contributed by atoms with Crippen molar-refractivity contribution in [3.8, 4) is 0 Å². The molecule has 36 heavy (non-hydrogen) atoms.